The molecule has 0 unspecified atom stereocenters. The summed E-state index contributed by atoms with van der Waals surface area (Å²) in [5.74, 6) is -0.0937. The van der Waals surface area contributed by atoms with Gasteiger partial charge in [-0.3, -0.25) is 14.5 Å². The molecule has 1 saturated heterocycles. The summed E-state index contributed by atoms with van der Waals surface area (Å²) in [6.45, 7) is 4.62. The van der Waals surface area contributed by atoms with E-state index in [-0.39, 0.29) is 11.8 Å². The van der Waals surface area contributed by atoms with Crippen LogP contribution in [0.1, 0.15) is 16.1 Å². The van der Waals surface area contributed by atoms with Crippen molar-refractivity contribution in [2.24, 2.45) is 0 Å². The molecule has 1 N–H and O–H groups in total. The molecular weight excluding hydrogens is 414 g/mol. The lowest BCUT2D eigenvalue weighted by Crippen LogP contribution is -2.50. The number of anilines is 1. The van der Waals surface area contributed by atoms with Crippen molar-refractivity contribution in [3.8, 4) is 5.69 Å². The first-order valence-corrected chi connectivity index (χ1v) is 10.6. The number of carbonyl (C=O) groups excluding carboxylic acids is 2. The van der Waals surface area contributed by atoms with E-state index in [0.717, 1.165) is 17.1 Å². The Bertz CT molecular complexity index is 1070. The number of rotatable bonds is 5. The van der Waals surface area contributed by atoms with Crippen molar-refractivity contribution in [2.75, 3.05) is 38.0 Å². The normalized spacial score (nSPS) is 14.5. The van der Waals surface area contributed by atoms with Gasteiger partial charge in [-0.1, -0.05) is 35.9 Å². The molecule has 8 heteroatoms. The van der Waals surface area contributed by atoms with Gasteiger partial charge in [0.25, 0.3) is 5.91 Å². The molecule has 1 aliphatic heterocycles. The Morgan fingerprint density at radius 3 is 2.48 bits per heavy atom. The highest BCUT2D eigenvalue weighted by atomic mass is 35.5. The lowest BCUT2D eigenvalue weighted by molar-refractivity contribution is -0.117. The summed E-state index contributed by atoms with van der Waals surface area (Å²) in [4.78, 5) is 29.2. The minimum atomic E-state index is -0.0513. The monoisotopic (exact) mass is 437 g/mol. The Balaban J connectivity index is 1.34. The zero-order chi connectivity index (χ0) is 21.8. The molecule has 0 bridgehead atoms. The van der Waals surface area contributed by atoms with E-state index in [1.165, 1.54) is 0 Å². The van der Waals surface area contributed by atoms with Crippen molar-refractivity contribution in [1.82, 2.24) is 19.6 Å². The van der Waals surface area contributed by atoms with Crippen LogP contribution in [-0.4, -0.2) is 64.1 Å². The van der Waals surface area contributed by atoms with Crippen molar-refractivity contribution >= 4 is 29.1 Å². The number of halogens is 1. The number of nitrogens with one attached hydrogen (secondary N) is 1. The minimum Gasteiger partial charge on any atom is -0.336 e. The predicted octanol–water partition coefficient (Wildman–Crippen LogP) is 3.23. The van der Waals surface area contributed by atoms with Crippen LogP contribution in [0.4, 0.5) is 5.69 Å². The van der Waals surface area contributed by atoms with Crippen LogP contribution in [0, 0.1) is 6.92 Å². The maximum absolute atomic E-state index is 13.1. The number of aromatic nitrogens is 2. The quantitative estimate of drug-likeness (QED) is 0.665. The van der Waals surface area contributed by atoms with Gasteiger partial charge >= 0.3 is 0 Å². The Labute approximate surface area is 186 Å². The van der Waals surface area contributed by atoms with Gasteiger partial charge in [0.05, 0.1) is 29.7 Å². The molecule has 2 heterocycles. The third kappa shape index (κ3) is 4.95. The van der Waals surface area contributed by atoms with Crippen LogP contribution < -0.4 is 5.32 Å². The van der Waals surface area contributed by atoms with Crippen molar-refractivity contribution in [3.63, 3.8) is 0 Å². The fraction of sp³-hybridized carbons (Fsp3) is 0.261. The van der Waals surface area contributed by atoms with Crippen LogP contribution in [0.25, 0.3) is 5.69 Å². The van der Waals surface area contributed by atoms with Crippen LogP contribution in [0.2, 0.25) is 5.02 Å². The molecule has 0 radical (unpaired) electrons. The molecule has 0 spiro atoms. The summed E-state index contributed by atoms with van der Waals surface area (Å²) in [7, 11) is 0. The number of nitrogens with zero attached hydrogens (tertiary/aromatic N) is 4. The van der Waals surface area contributed by atoms with Crippen LogP contribution >= 0.6 is 11.6 Å². The number of para-hydroxylation sites is 1. The SMILES string of the molecule is Cc1c(C(=O)N2CCN(CC(=O)Nc3ccccc3)CC2)cnn1-c1cccc(Cl)c1. The predicted molar refractivity (Wildman–Crippen MR) is 121 cm³/mol. The number of carbonyl (C=O) groups is 2. The summed E-state index contributed by atoms with van der Waals surface area (Å²) in [6, 6.07) is 16.8. The fourth-order valence-corrected chi connectivity index (χ4v) is 3.88. The summed E-state index contributed by atoms with van der Waals surface area (Å²) < 4.78 is 1.73. The average Bonchev–Trinajstić information content (AvgIpc) is 3.15. The second kappa shape index (κ2) is 9.32. The number of hydrogen-bond acceptors (Lipinski definition) is 4. The molecule has 1 fully saturated rings. The largest absolute Gasteiger partial charge is 0.336 e. The molecule has 1 aromatic heterocycles. The van der Waals surface area contributed by atoms with Crippen LogP contribution in [0.5, 0.6) is 0 Å². The minimum absolute atomic E-state index is 0.0424. The van der Waals surface area contributed by atoms with Gasteiger partial charge in [0.2, 0.25) is 5.91 Å². The first kappa shape index (κ1) is 21.1. The first-order chi connectivity index (χ1) is 15.0. The Morgan fingerprint density at radius 1 is 1.03 bits per heavy atom. The van der Waals surface area contributed by atoms with Gasteiger partial charge in [-0.2, -0.15) is 5.10 Å². The highest BCUT2D eigenvalue weighted by Gasteiger charge is 2.26. The molecule has 2 amide bonds. The highest BCUT2D eigenvalue weighted by Crippen LogP contribution is 2.19. The van der Waals surface area contributed by atoms with E-state index in [0.29, 0.717) is 43.3 Å². The Kier molecular flexibility index (Phi) is 6.34. The average molecular weight is 438 g/mol. The molecule has 0 saturated carbocycles. The van der Waals surface area contributed by atoms with Crippen molar-refractivity contribution in [2.45, 2.75) is 6.92 Å². The maximum Gasteiger partial charge on any atom is 0.257 e. The third-order valence-electron chi connectivity index (χ3n) is 5.38. The molecule has 0 atom stereocenters. The second-order valence-corrected chi connectivity index (χ2v) is 7.95. The van der Waals surface area contributed by atoms with Crippen LogP contribution in [-0.2, 0) is 4.79 Å². The standard InChI is InChI=1S/C23H24ClN5O2/c1-17-21(15-25-29(17)20-9-5-6-18(24)14-20)23(31)28-12-10-27(11-13-28)16-22(30)26-19-7-3-2-4-8-19/h2-9,14-15H,10-13,16H2,1H3,(H,26,30). The lowest BCUT2D eigenvalue weighted by atomic mass is 10.2. The van der Waals surface area contributed by atoms with Crippen LogP contribution in [0.15, 0.2) is 60.8 Å². The Morgan fingerprint density at radius 2 is 1.77 bits per heavy atom. The van der Waals surface area contributed by atoms with Gasteiger partial charge in [0, 0.05) is 36.9 Å². The summed E-state index contributed by atoms with van der Waals surface area (Å²) in [6.07, 6.45) is 1.61. The van der Waals surface area contributed by atoms with Gasteiger partial charge in [-0.15, -0.1) is 0 Å². The molecule has 3 aromatic rings. The third-order valence-corrected chi connectivity index (χ3v) is 5.61. The lowest BCUT2D eigenvalue weighted by Gasteiger charge is -2.34. The van der Waals surface area contributed by atoms with E-state index in [4.69, 9.17) is 11.6 Å². The molecule has 2 aromatic carbocycles. The zero-order valence-electron chi connectivity index (χ0n) is 17.3. The Hall–Kier alpha value is -3.16. The maximum atomic E-state index is 13.1. The highest BCUT2D eigenvalue weighted by molar-refractivity contribution is 6.30. The molecule has 0 aliphatic carbocycles. The molecule has 7 nitrogen and oxygen atoms in total. The van der Waals surface area contributed by atoms with E-state index < -0.39 is 0 Å². The second-order valence-electron chi connectivity index (χ2n) is 7.52. The topological polar surface area (TPSA) is 70.5 Å². The number of amides is 2. The first-order valence-electron chi connectivity index (χ1n) is 10.2. The molecule has 4 rings (SSSR count). The van der Waals surface area contributed by atoms with E-state index in [9.17, 15) is 9.59 Å². The number of benzene rings is 2. The number of hydrogen-bond donors (Lipinski definition) is 1. The number of piperazine rings is 1. The van der Waals surface area contributed by atoms with Crippen molar-refractivity contribution in [3.05, 3.63) is 77.1 Å². The summed E-state index contributed by atoms with van der Waals surface area (Å²) >= 11 is 6.08. The van der Waals surface area contributed by atoms with Gasteiger partial charge in [0.15, 0.2) is 0 Å². The molecule has 31 heavy (non-hydrogen) atoms. The van der Waals surface area contributed by atoms with Gasteiger partial charge in [0.1, 0.15) is 0 Å². The van der Waals surface area contributed by atoms with Crippen LogP contribution in [0.3, 0.4) is 0 Å². The smallest absolute Gasteiger partial charge is 0.257 e. The zero-order valence-corrected chi connectivity index (χ0v) is 18.0. The van der Waals surface area contributed by atoms with Crippen molar-refractivity contribution < 1.29 is 9.59 Å². The van der Waals surface area contributed by atoms with Gasteiger partial charge < -0.3 is 10.2 Å². The van der Waals surface area contributed by atoms with E-state index >= 15 is 0 Å². The van der Waals surface area contributed by atoms with E-state index in [2.05, 4.69) is 15.3 Å². The molecule has 160 valence electrons. The summed E-state index contributed by atoms with van der Waals surface area (Å²) in [5.41, 5.74) is 2.96. The molecular formula is C23H24ClN5O2. The fourth-order valence-electron chi connectivity index (χ4n) is 3.69. The van der Waals surface area contributed by atoms with E-state index in [1.54, 1.807) is 16.9 Å². The van der Waals surface area contributed by atoms with Gasteiger partial charge in [-0.05, 0) is 37.3 Å². The van der Waals surface area contributed by atoms with Gasteiger partial charge in [-0.25, -0.2) is 4.68 Å². The summed E-state index contributed by atoms with van der Waals surface area (Å²) in [5, 5.41) is 7.90. The van der Waals surface area contributed by atoms with Crippen molar-refractivity contribution in [1.29, 1.82) is 0 Å². The van der Waals surface area contributed by atoms with E-state index in [1.807, 2.05) is 60.4 Å². The molecule has 1 aliphatic rings.